The molecule has 1 saturated carbocycles. The molecule has 1 aromatic carbocycles. The number of fused-ring (bicyclic) bond motifs is 1. The van der Waals surface area contributed by atoms with Gasteiger partial charge in [0.1, 0.15) is 5.52 Å². The molecule has 2 fully saturated rings. The lowest BCUT2D eigenvalue weighted by molar-refractivity contribution is -0.0120. The standard InChI is InChI=1S/C22H33N5O/c1-2-3-12-26-13-15-27(16-14-26)22(10-5-4-6-11-22)25-21(28)18-8-7-9-19-20(18)24-17-23-19/h7-9,17H,2-6,10-16H2,1H3,(H,23,24)(H,25,28). The maximum atomic E-state index is 13.3. The lowest BCUT2D eigenvalue weighted by atomic mass is 9.86. The lowest BCUT2D eigenvalue weighted by Gasteiger charge is -2.50. The molecule has 1 aliphatic heterocycles. The molecule has 6 heteroatoms. The minimum atomic E-state index is -0.204. The van der Waals surface area contributed by atoms with Crippen LogP contribution in [-0.4, -0.2) is 64.1 Å². The summed E-state index contributed by atoms with van der Waals surface area (Å²) in [5, 5.41) is 3.47. The van der Waals surface area contributed by atoms with Crippen LogP contribution in [-0.2, 0) is 0 Å². The van der Waals surface area contributed by atoms with Crippen LogP contribution < -0.4 is 5.32 Å². The van der Waals surface area contributed by atoms with Crippen LogP contribution in [0.1, 0.15) is 62.2 Å². The molecule has 1 aromatic heterocycles. The van der Waals surface area contributed by atoms with E-state index in [1.165, 1.54) is 38.6 Å². The van der Waals surface area contributed by atoms with Crippen LogP contribution in [0.25, 0.3) is 11.0 Å². The SMILES string of the molecule is CCCCN1CCN(C2(NC(=O)c3cccc4[nH]cnc34)CCCCC2)CC1. The number of piperazine rings is 1. The molecule has 0 bridgehead atoms. The number of aromatic amines is 1. The van der Waals surface area contributed by atoms with Gasteiger partial charge < -0.3 is 15.2 Å². The van der Waals surface area contributed by atoms with Crippen LogP contribution in [0.4, 0.5) is 0 Å². The van der Waals surface area contributed by atoms with Crippen molar-refractivity contribution < 1.29 is 4.79 Å². The minimum Gasteiger partial charge on any atom is -0.345 e. The second-order valence-electron chi connectivity index (χ2n) is 8.33. The highest BCUT2D eigenvalue weighted by Gasteiger charge is 2.40. The molecule has 28 heavy (non-hydrogen) atoms. The Balaban J connectivity index is 1.50. The summed E-state index contributed by atoms with van der Waals surface area (Å²) in [6.07, 6.45) is 9.91. The van der Waals surface area contributed by atoms with Crippen molar-refractivity contribution in [1.29, 1.82) is 0 Å². The van der Waals surface area contributed by atoms with Gasteiger partial charge in [-0.2, -0.15) is 0 Å². The summed E-state index contributed by atoms with van der Waals surface area (Å²) in [5.41, 5.74) is 2.14. The third kappa shape index (κ3) is 3.94. The molecule has 2 heterocycles. The topological polar surface area (TPSA) is 64.3 Å². The number of para-hydroxylation sites is 1. The zero-order valence-corrected chi connectivity index (χ0v) is 17.0. The molecule has 1 saturated heterocycles. The van der Waals surface area contributed by atoms with Gasteiger partial charge in [-0.15, -0.1) is 0 Å². The molecule has 2 N–H and O–H groups in total. The Morgan fingerprint density at radius 3 is 2.71 bits per heavy atom. The van der Waals surface area contributed by atoms with E-state index in [-0.39, 0.29) is 11.6 Å². The van der Waals surface area contributed by atoms with E-state index >= 15 is 0 Å². The van der Waals surface area contributed by atoms with Gasteiger partial charge in [0.2, 0.25) is 0 Å². The van der Waals surface area contributed by atoms with Crippen LogP contribution >= 0.6 is 0 Å². The largest absolute Gasteiger partial charge is 0.345 e. The number of carbonyl (C=O) groups is 1. The Labute approximate surface area is 167 Å². The van der Waals surface area contributed by atoms with Crippen molar-refractivity contribution >= 4 is 16.9 Å². The van der Waals surface area contributed by atoms with E-state index in [2.05, 4.69) is 32.0 Å². The van der Waals surface area contributed by atoms with Gasteiger partial charge in [0, 0.05) is 26.2 Å². The quantitative estimate of drug-likeness (QED) is 0.803. The molecule has 6 nitrogen and oxygen atoms in total. The average Bonchev–Trinajstić information content (AvgIpc) is 3.22. The number of nitrogens with zero attached hydrogens (tertiary/aromatic N) is 3. The van der Waals surface area contributed by atoms with Crippen LogP contribution in [0.3, 0.4) is 0 Å². The number of hydrogen-bond acceptors (Lipinski definition) is 4. The lowest BCUT2D eigenvalue weighted by Crippen LogP contribution is -2.65. The first kappa shape index (κ1) is 19.4. The molecule has 152 valence electrons. The van der Waals surface area contributed by atoms with Crippen molar-refractivity contribution in [2.24, 2.45) is 0 Å². The number of imidazole rings is 1. The second kappa shape index (κ2) is 8.62. The molecule has 0 unspecified atom stereocenters. The van der Waals surface area contributed by atoms with Gasteiger partial charge in [-0.1, -0.05) is 25.8 Å². The average molecular weight is 384 g/mol. The van der Waals surface area contributed by atoms with Crippen molar-refractivity contribution in [3.05, 3.63) is 30.1 Å². The van der Waals surface area contributed by atoms with Crippen LogP contribution in [0.15, 0.2) is 24.5 Å². The predicted molar refractivity (Wildman–Crippen MR) is 112 cm³/mol. The van der Waals surface area contributed by atoms with Gasteiger partial charge in [-0.25, -0.2) is 4.98 Å². The van der Waals surface area contributed by atoms with Gasteiger partial charge in [0.15, 0.2) is 0 Å². The number of aromatic nitrogens is 2. The molecular weight excluding hydrogens is 350 g/mol. The fourth-order valence-electron chi connectivity index (χ4n) is 4.87. The zero-order chi connectivity index (χ0) is 19.4. The van der Waals surface area contributed by atoms with Gasteiger partial charge in [0.05, 0.1) is 23.1 Å². The van der Waals surface area contributed by atoms with E-state index in [1.807, 2.05) is 18.2 Å². The highest BCUT2D eigenvalue weighted by atomic mass is 16.2. The number of unbranched alkanes of at least 4 members (excludes halogenated alkanes) is 1. The smallest absolute Gasteiger partial charge is 0.254 e. The monoisotopic (exact) mass is 383 g/mol. The molecule has 2 aromatic rings. The summed E-state index contributed by atoms with van der Waals surface area (Å²) < 4.78 is 0. The van der Waals surface area contributed by atoms with Crippen molar-refractivity contribution in [3.8, 4) is 0 Å². The number of H-pyrrole nitrogens is 1. The summed E-state index contributed by atoms with van der Waals surface area (Å²) in [4.78, 5) is 25.9. The molecule has 0 atom stereocenters. The number of nitrogens with one attached hydrogen (secondary N) is 2. The molecule has 4 rings (SSSR count). The molecule has 0 spiro atoms. The number of carbonyl (C=O) groups excluding carboxylic acids is 1. The fraction of sp³-hybridized carbons (Fsp3) is 0.636. The number of amides is 1. The van der Waals surface area contributed by atoms with Gasteiger partial charge >= 0.3 is 0 Å². The van der Waals surface area contributed by atoms with E-state index in [9.17, 15) is 4.79 Å². The van der Waals surface area contributed by atoms with Crippen LogP contribution in [0, 0.1) is 0 Å². The molecule has 1 amide bonds. The summed E-state index contributed by atoms with van der Waals surface area (Å²) in [6, 6.07) is 5.78. The van der Waals surface area contributed by atoms with Crippen molar-refractivity contribution in [2.45, 2.75) is 57.5 Å². The Kier molecular flexibility index (Phi) is 5.97. The zero-order valence-electron chi connectivity index (χ0n) is 17.0. The van der Waals surface area contributed by atoms with Crippen molar-refractivity contribution in [3.63, 3.8) is 0 Å². The molecule has 2 aliphatic rings. The van der Waals surface area contributed by atoms with E-state index in [4.69, 9.17) is 0 Å². The molecule has 0 radical (unpaired) electrons. The van der Waals surface area contributed by atoms with Crippen molar-refractivity contribution in [1.82, 2.24) is 25.1 Å². The van der Waals surface area contributed by atoms with E-state index in [1.54, 1.807) is 6.33 Å². The molecular formula is C22H33N5O. The fourth-order valence-corrected chi connectivity index (χ4v) is 4.87. The number of rotatable bonds is 6. The third-order valence-electron chi connectivity index (χ3n) is 6.53. The van der Waals surface area contributed by atoms with Gasteiger partial charge in [-0.3, -0.25) is 9.69 Å². The number of benzene rings is 1. The third-order valence-corrected chi connectivity index (χ3v) is 6.53. The van der Waals surface area contributed by atoms with E-state index < -0.39 is 0 Å². The Morgan fingerprint density at radius 2 is 1.96 bits per heavy atom. The summed E-state index contributed by atoms with van der Waals surface area (Å²) >= 11 is 0. The first-order valence-electron chi connectivity index (χ1n) is 10.9. The highest BCUT2D eigenvalue weighted by molar-refractivity contribution is 6.05. The van der Waals surface area contributed by atoms with E-state index in [0.717, 1.165) is 50.1 Å². The molecule has 1 aliphatic carbocycles. The predicted octanol–water partition coefficient (Wildman–Crippen LogP) is 3.37. The second-order valence-corrected chi connectivity index (χ2v) is 8.33. The Bertz CT molecular complexity index is 787. The Morgan fingerprint density at radius 1 is 1.18 bits per heavy atom. The maximum Gasteiger partial charge on any atom is 0.254 e. The van der Waals surface area contributed by atoms with Crippen LogP contribution in [0.2, 0.25) is 0 Å². The summed E-state index contributed by atoms with van der Waals surface area (Å²) in [6.45, 7) is 7.74. The summed E-state index contributed by atoms with van der Waals surface area (Å²) in [5.74, 6) is 0.00742. The van der Waals surface area contributed by atoms with Crippen LogP contribution in [0.5, 0.6) is 0 Å². The first-order valence-corrected chi connectivity index (χ1v) is 10.9. The maximum absolute atomic E-state index is 13.3. The normalized spacial score (nSPS) is 21.0. The summed E-state index contributed by atoms with van der Waals surface area (Å²) in [7, 11) is 0. The van der Waals surface area contributed by atoms with E-state index in [0.29, 0.717) is 5.56 Å². The highest BCUT2D eigenvalue weighted by Crippen LogP contribution is 2.33. The van der Waals surface area contributed by atoms with Gasteiger partial charge in [-0.05, 0) is 50.8 Å². The number of hydrogen-bond donors (Lipinski definition) is 2. The van der Waals surface area contributed by atoms with Crippen molar-refractivity contribution in [2.75, 3.05) is 32.7 Å². The van der Waals surface area contributed by atoms with Gasteiger partial charge in [0.25, 0.3) is 5.91 Å². The first-order chi connectivity index (χ1) is 13.7. The minimum absolute atomic E-state index is 0.00742. The Hall–Kier alpha value is -1.92.